The van der Waals surface area contributed by atoms with Crippen LogP contribution in [-0.2, 0) is 16.0 Å². The van der Waals surface area contributed by atoms with Gasteiger partial charge in [-0.15, -0.1) is 0 Å². The SMILES string of the molecule is CCN(CC)C(=O)CN(C)CC(=O)NCCc1ccc(Cl)cc1. The van der Waals surface area contributed by atoms with Gasteiger partial charge in [-0.1, -0.05) is 23.7 Å². The zero-order chi connectivity index (χ0) is 17.2. The molecule has 0 heterocycles. The van der Waals surface area contributed by atoms with Crippen molar-refractivity contribution in [2.75, 3.05) is 39.8 Å². The van der Waals surface area contributed by atoms with Crippen molar-refractivity contribution in [3.8, 4) is 0 Å². The van der Waals surface area contributed by atoms with E-state index in [1.807, 2.05) is 38.1 Å². The minimum atomic E-state index is -0.0752. The Morgan fingerprint density at radius 1 is 1.09 bits per heavy atom. The molecule has 0 spiro atoms. The second-order valence-electron chi connectivity index (χ2n) is 5.46. The Hall–Kier alpha value is -1.59. The molecule has 0 bridgehead atoms. The van der Waals surface area contributed by atoms with Crippen molar-refractivity contribution in [3.63, 3.8) is 0 Å². The Kier molecular flexibility index (Phi) is 8.66. The smallest absolute Gasteiger partial charge is 0.236 e. The summed E-state index contributed by atoms with van der Waals surface area (Å²) in [6.07, 6.45) is 0.755. The molecule has 0 fully saturated rings. The molecule has 0 aromatic heterocycles. The third kappa shape index (κ3) is 7.48. The van der Waals surface area contributed by atoms with Crippen LogP contribution in [0.15, 0.2) is 24.3 Å². The number of hydrogen-bond donors (Lipinski definition) is 1. The maximum atomic E-state index is 12.0. The molecule has 0 unspecified atom stereocenters. The van der Waals surface area contributed by atoms with Crippen LogP contribution in [0.1, 0.15) is 19.4 Å². The number of nitrogens with zero attached hydrogens (tertiary/aromatic N) is 2. The predicted molar refractivity (Wildman–Crippen MR) is 93.6 cm³/mol. The van der Waals surface area contributed by atoms with E-state index in [0.717, 1.165) is 12.0 Å². The quantitative estimate of drug-likeness (QED) is 0.746. The van der Waals surface area contributed by atoms with Gasteiger partial charge in [-0.05, 0) is 45.0 Å². The molecule has 0 atom stereocenters. The van der Waals surface area contributed by atoms with E-state index in [1.165, 1.54) is 0 Å². The summed E-state index contributed by atoms with van der Waals surface area (Å²) >= 11 is 5.83. The van der Waals surface area contributed by atoms with Gasteiger partial charge in [0.25, 0.3) is 0 Å². The molecule has 128 valence electrons. The van der Waals surface area contributed by atoms with Crippen molar-refractivity contribution >= 4 is 23.4 Å². The van der Waals surface area contributed by atoms with Gasteiger partial charge in [-0.2, -0.15) is 0 Å². The van der Waals surface area contributed by atoms with Crippen molar-refractivity contribution in [2.24, 2.45) is 0 Å². The van der Waals surface area contributed by atoms with Crippen molar-refractivity contribution < 1.29 is 9.59 Å². The van der Waals surface area contributed by atoms with Crippen LogP contribution in [0.3, 0.4) is 0 Å². The number of hydrogen-bond acceptors (Lipinski definition) is 3. The highest BCUT2D eigenvalue weighted by Gasteiger charge is 2.14. The molecule has 1 aromatic carbocycles. The van der Waals surface area contributed by atoms with Gasteiger partial charge in [0.05, 0.1) is 13.1 Å². The average molecular weight is 340 g/mol. The summed E-state index contributed by atoms with van der Waals surface area (Å²) in [5.74, 6) is -0.0275. The fourth-order valence-corrected chi connectivity index (χ4v) is 2.39. The second kappa shape index (κ2) is 10.2. The molecule has 23 heavy (non-hydrogen) atoms. The molecule has 1 N–H and O–H groups in total. The summed E-state index contributed by atoms with van der Waals surface area (Å²) in [7, 11) is 1.78. The van der Waals surface area contributed by atoms with E-state index in [4.69, 9.17) is 11.6 Å². The van der Waals surface area contributed by atoms with Gasteiger partial charge in [0.1, 0.15) is 0 Å². The Morgan fingerprint density at radius 3 is 2.26 bits per heavy atom. The zero-order valence-electron chi connectivity index (χ0n) is 14.1. The van der Waals surface area contributed by atoms with Crippen molar-refractivity contribution in [2.45, 2.75) is 20.3 Å². The molecular weight excluding hydrogens is 314 g/mol. The maximum absolute atomic E-state index is 12.0. The van der Waals surface area contributed by atoms with E-state index in [9.17, 15) is 9.59 Å². The number of amides is 2. The number of nitrogens with one attached hydrogen (secondary N) is 1. The van der Waals surface area contributed by atoms with Crippen LogP contribution in [-0.4, -0.2) is 61.4 Å². The Morgan fingerprint density at radius 2 is 1.70 bits per heavy atom. The van der Waals surface area contributed by atoms with Crippen LogP contribution in [0, 0.1) is 0 Å². The van der Waals surface area contributed by atoms with Crippen LogP contribution in [0.4, 0.5) is 0 Å². The van der Waals surface area contributed by atoms with Crippen molar-refractivity contribution in [1.29, 1.82) is 0 Å². The molecule has 0 saturated heterocycles. The molecule has 0 saturated carbocycles. The monoisotopic (exact) mass is 339 g/mol. The summed E-state index contributed by atoms with van der Waals surface area (Å²) in [5, 5.41) is 3.57. The third-order valence-corrected chi connectivity index (χ3v) is 3.84. The highest BCUT2D eigenvalue weighted by atomic mass is 35.5. The topological polar surface area (TPSA) is 52.7 Å². The third-order valence-electron chi connectivity index (χ3n) is 3.58. The van der Waals surface area contributed by atoms with Gasteiger partial charge < -0.3 is 10.2 Å². The van der Waals surface area contributed by atoms with E-state index >= 15 is 0 Å². The van der Waals surface area contributed by atoms with Crippen molar-refractivity contribution in [1.82, 2.24) is 15.1 Å². The normalized spacial score (nSPS) is 10.7. The van der Waals surface area contributed by atoms with Crippen LogP contribution in [0.5, 0.6) is 0 Å². The lowest BCUT2D eigenvalue weighted by atomic mass is 10.1. The number of rotatable bonds is 9. The van der Waals surface area contributed by atoms with E-state index in [2.05, 4.69) is 5.32 Å². The molecule has 2 amide bonds. The molecule has 1 rings (SSSR count). The molecule has 6 heteroatoms. The largest absolute Gasteiger partial charge is 0.355 e. The molecule has 0 aliphatic rings. The summed E-state index contributed by atoms with van der Waals surface area (Å²) in [4.78, 5) is 27.3. The lowest BCUT2D eigenvalue weighted by Gasteiger charge is -2.22. The average Bonchev–Trinajstić information content (AvgIpc) is 2.50. The minimum absolute atomic E-state index is 0.0477. The van der Waals surface area contributed by atoms with Gasteiger partial charge >= 0.3 is 0 Å². The molecular formula is C17H26ClN3O2. The van der Waals surface area contributed by atoms with E-state index in [1.54, 1.807) is 16.8 Å². The summed E-state index contributed by atoms with van der Waals surface area (Å²) in [6, 6.07) is 7.57. The first-order chi connectivity index (χ1) is 11.0. The summed E-state index contributed by atoms with van der Waals surface area (Å²) < 4.78 is 0. The van der Waals surface area contributed by atoms with E-state index in [0.29, 0.717) is 24.7 Å². The van der Waals surface area contributed by atoms with Gasteiger partial charge in [0, 0.05) is 24.7 Å². The van der Waals surface area contributed by atoms with Crippen LogP contribution in [0.2, 0.25) is 5.02 Å². The van der Waals surface area contributed by atoms with Gasteiger partial charge in [0.2, 0.25) is 11.8 Å². The lowest BCUT2D eigenvalue weighted by molar-refractivity contribution is -0.132. The predicted octanol–water partition coefficient (Wildman–Crippen LogP) is 1.80. The number of likely N-dealkylation sites (N-methyl/N-ethyl adjacent to an activating group) is 2. The molecule has 5 nitrogen and oxygen atoms in total. The minimum Gasteiger partial charge on any atom is -0.355 e. The molecule has 1 aromatic rings. The molecule has 0 aliphatic heterocycles. The van der Waals surface area contributed by atoms with Gasteiger partial charge in [0.15, 0.2) is 0 Å². The van der Waals surface area contributed by atoms with Gasteiger partial charge in [-0.3, -0.25) is 14.5 Å². The van der Waals surface area contributed by atoms with Crippen LogP contribution >= 0.6 is 11.6 Å². The highest BCUT2D eigenvalue weighted by Crippen LogP contribution is 2.09. The Labute approximate surface area is 143 Å². The molecule has 0 radical (unpaired) electrons. The number of carbonyl (C=O) groups is 2. The first kappa shape index (κ1) is 19.5. The van der Waals surface area contributed by atoms with Crippen LogP contribution in [0.25, 0.3) is 0 Å². The van der Waals surface area contributed by atoms with E-state index < -0.39 is 0 Å². The first-order valence-electron chi connectivity index (χ1n) is 7.93. The number of benzene rings is 1. The number of carbonyl (C=O) groups excluding carboxylic acids is 2. The second-order valence-corrected chi connectivity index (χ2v) is 5.90. The number of halogens is 1. The lowest BCUT2D eigenvalue weighted by Crippen LogP contribution is -2.42. The van der Waals surface area contributed by atoms with Crippen molar-refractivity contribution in [3.05, 3.63) is 34.9 Å². The maximum Gasteiger partial charge on any atom is 0.236 e. The fourth-order valence-electron chi connectivity index (χ4n) is 2.26. The zero-order valence-corrected chi connectivity index (χ0v) is 14.9. The van der Waals surface area contributed by atoms with E-state index in [-0.39, 0.29) is 24.9 Å². The first-order valence-corrected chi connectivity index (χ1v) is 8.31. The fraction of sp³-hybridized carbons (Fsp3) is 0.529. The van der Waals surface area contributed by atoms with Crippen LogP contribution < -0.4 is 5.32 Å². The highest BCUT2D eigenvalue weighted by molar-refractivity contribution is 6.30. The van der Waals surface area contributed by atoms with Gasteiger partial charge in [-0.25, -0.2) is 0 Å². The standard InChI is InChI=1S/C17H26ClN3O2/c1-4-21(5-2)17(23)13-20(3)12-16(22)19-11-10-14-6-8-15(18)9-7-14/h6-9H,4-5,10-13H2,1-3H3,(H,19,22). The molecule has 0 aliphatic carbocycles. The Balaban J connectivity index is 2.27. The summed E-state index contributed by atoms with van der Waals surface area (Å²) in [5.41, 5.74) is 1.12. The Bertz CT molecular complexity index is 501. The summed E-state index contributed by atoms with van der Waals surface area (Å²) in [6.45, 7) is 6.32.